The van der Waals surface area contributed by atoms with Crippen molar-refractivity contribution in [2.24, 2.45) is 5.92 Å². The molecule has 1 aromatic carbocycles. The number of hydrogen-bond acceptors (Lipinski definition) is 5. The van der Waals surface area contributed by atoms with E-state index in [0.29, 0.717) is 6.54 Å². The number of piperidine rings is 1. The lowest BCUT2D eigenvalue weighted by Gasteiger charge is -2.32. The lowest BCUT2D eigenvalue weighted by molar-refractivity contribution is -0.125. The molecule has 126 valence electrons. The van der Waals surface area contributed by atoms with Crippen LogP contribution in [0.25, 0.3) is 0 Å². The van der Waals surface area contributed by atoms with E-state index in [1.807, 2.05) is 18.2 Å². The smallest absolute Gasteiger partial charge is 0.224 e. The molecule has 2 aromatic rings. The highest BCUT2D eigenvalue weighted by molar-refractivity contribution is 7.99. The van der Waals surface area contributed by atoms with Crippen molar-refractivity contribution in [1.82, 2.24) is 15.3 Å². The summed E-state index contributed by atoms with van der Waals surface area (Å²) in [5, 5.41) is 3.07. The minimum Gasteiger partial charge on any atom is -0.355 e. The first-order valence-electron chi connectivity index (χ1n) is 8.29. The predicted octanol–water partition coefficient (Wildman–Crippen LogP) is 2.60. The molecule has 0 spiro atoms. The molecule has 0 unspecified atom stereocenters. The maximum atomic E-state index is 12.4. The van der Waals surface area contributed by atoms with Gasteiger partial charge in [-0.1, -0.05) is 18.2 Å². The Morgan fingerprint density at radius 2 is 2.17 bits per heavy atom. The van der Waals surface area contributed by atoms with Crippen LogP contribution >= 0.6 is 11.8 Å². The van der Waals surface area contributed by atoms with Gasteiger partial charge in [0.2, 0.25) is 5.91 Å². The average Bonchev–Trinajstić information content (AvgIpc) is 2.67. The molecular weight excluding hydrogens is 320 g/mol. The SMILES string of the molecule is O=C(NCCSc1ccccc1)[C@H]1CCCN(c2cnccn2)C1. The first-order valence-corrected chi connectivity index (χ1v) is 9.28. The summed E-state index contributed by atoms with van der Waals surface area (Å²) in [5.41, 5.74) is 0. The number of benzene rings is 1. The van der Waals surface area contributed by atoms with Crippen LogP contribution in [0.15, 0.2) is 53.8 Å². The number of nitrogens with one attached hydrogen (secondary N) is 1. The zero-order chi connectivity index (χ0) is 16.6. The Bertz CT molecular complexity index is 638. The van der Waals surface area contributed by atoms with Crippen LogP contribution in [0.1, 0.15) is 12.8 Å². The molecule has 2 heterocycles. The van der Waals surface area contributed by atoms with Gasteiger partial charge in [0.1, 0.15) is 5.82 Å². The quantitative estimate of drug-likeness (QED) is 0.646. The summed E-state index contributed by atoms with van der Waals surface area (Å²) in [5.74, 6) is 1.92. The Morgan fingerprint density at radius 3 is 2.96 bits per heavy atom. The van der Waals surface area contributed by atoms with Crippen LogP contribution in [-0.2, 0) is 4.79 Å². The molecule has 5 nitrogen and oxygen atoms in total. The van der Waals surface area contributed by atoms with Crippen LogP contribution in [0.4, 0.5) is 5.82 Å². The van der Waals surface area contributed by atoms with Crippen LogP contribution in [0.3, 0.4) is 0 Å². The van der Waals surface area contributed by atoms with E-state index in [2.05, 4.69) is 32.3 Å². The molecule has 1 saturated heterocycles. The Labute approximate surface area is 146 Å². The number of amides is 1. The minimum absolute atomic E-state index is 0.0301. The maximum absolute atomic E-state index is 12.4. The molecule has 3 rings (SSSR count). The van der Waals surface area contributed by atoms with Crippen LogP contribution < -0.4 is 10.2 Å². The molecule has 6 heteroatoms. The van der Waals surface area contributed by atoms with E-state index in [1.165, 1.54) is 4.90 Å². The standard InChI is InChI=1S/C18H22N4OS/c23-18(21-10-12-24-16-6-2-1-3-7-16)15-5-4-11-22(14-15)17-13-19-8-9-20-17/h1-3,6-9,13,15H,4-5,10-12,14H2,(H,21,23)/t15-/m0/s1. The number of thioether (sulfide) groups is 1. The van der Waals surface area contributed by atoms with Crippen molar-refractivity contribution in [3.8, 4) is 0 Å². The molecular formula is C18H22N4OS. The summed E-state index contributed by atoms with van der Waals surface area (Å²) in [6.07, 6.45) is 7.07. The molecule has 1 amide bonds. The predicted molar refractivity (Wildman–Crippen MR) is 97.1 cm³/mol. The van der Waals surface area contributed by atoms with E-state index in [1.54, 1.807) is 30.4 Å². The van der Waals surface area contributed by atoms with Gasteiger partial charge in [-0.15, -0.1) is 11.8 Å². The number of anilines is 1. The molecule has 24 heavy (non-hydrogen) atoms. The number of nitrogens with zero attached hydrogens (tertiary/aromatic N) is 3. The number of rotatable bonds is 6. The molecule has 1 N–H and O–H groups in total. The largest absolute Gasteiger partial charge is 0.355 e. The van der Waals surface area contributed by atoms with Crippen molar-refractivity contribution in [2.45, 2.75) is 17.7 Å². The third kappa shape index (κ3) is 4.71. The number of hydrogen-bond donors (Lipinski definition) is 1. The van der Waals surface area contributed by atoms with Crippen molar-refractivity contribution in [1.29, 1.82) is 0 Å². The Balaban J connectivity index is 1.43. The van der Waals surface area contributed by atoms with Crippen molar-refractivity contribution < 1.29 is 4.79 Å². The lowest BCUT2D eigenvalue weighted by Crippen LogP contribution is -2.43. The fourth-order valence-electron chi connectivity index (χ4n) is 2.86. The Morgan fingerprint density at radius 1 is 1.29 bits per heavy atom. The van der Waals surface area contributed by atoms with Gasteiger partial charge in [-0.2, -0.15) is 0 Å². The van der Waals surface area contributed by atoms with Crippen LogP contribution in [0.5, 0.6) is 0 Å². The fraction of sp³-hybridized carbons (Fsp3) is 0.389. The summed E-state index contributed by atoms with van der Waals surface area (Å²) < 4.78 is 0. The second-order valence-electron chi connectivity index (χ2n) is 5.80. The maximum Gasteiger partial charge on any atom is 0.224 e. The highest BCUT2D eigenvalue weighted by Gasteiger charge is 2.26. The highest BCUT2D eigenvalue weighted by Crippen LogP contribution is 2.21. The molecule has 0 saturated carbocycles. The second kappa shape index (κ2) is 8.68. The van der Waals surface area contributed by atoms with Gasteiger partial charge >= 0.3 is 0 Å². The monoisotopic (exact) mass is 342 g/mol. The molecule has 0 radical (unpaired) electrons. The van der Waals surface area contributed by atoms with Gasteiger partial charge in [-0.25, -0.2) is 4.98 Å². The van der Waals surface area contributed by atoms with Gasteiger partial charge < -0.3 is 10.2 Å². The highest BCUT2D eigenvalue weighted by atomic mass is 32.2. The summed E-state index contributed by atoms with van der Waals surface area (Å²) in [4.78, 5) is 24.2. The van der Waals surface area contributed by atoms with Crippen molar-refractivity contribution in [3.63, 3.8) is 0 Å². The fourth-order valence-corrected chi connectivity index (χ4v) is 3.65. The zero-order valence-corrected chi connectivity index (χ0v) is 14.4. The van der Waals surface area contributed by atoms with Crippen molar-refractivity contribution >= 4 is 23.5 Å². The third-order valence-corrected chi connectivity index (χ3v) is 5.09. The van der Waals surface area contributed by atoms with Gasteiger partial charge in [0.25, 0.3) is 0 Å². The molecule has 1 aliphatic heterocycles. The van der Waals surface area contributed by atoms with Gasteiger partial charge in [0, 0.05) is 42.7 Å². The summed E-state index contributed by atoms with van der Waals surface area (Å²) >= 11 is 1.76. The molecule has 1 fully saturated rings. The van der Waals surface area contributed by atoms with E-state index < -0.39 is 0 Å². The van der Waals surface area contributed by atoms with Gasteiger partial charge in [0.05, 0.1) is 12.1 Å². The van der Waals surface area contributed by atoms with E-state index in [0.717, 1.165) is 37.5 Å². The zero-order valence-electron chi connectivity index (χ0n) is 13.6. The van der Waals surface area contributed by atoms with E-state index in [-0.39, 0.29) is 11.8 Å². The molecule has 0 aliphatic carbocycles. The van der Waals surface area contributed by atoms with E-state index >= 15 is 0 Å². The first-order chi connectivity index (χ1) is 11.8. The van der Waals surface area contributed by atoms with Crippen molar-refractivity contribution in [2.75, 3.05) is 30.3 Å². The third-order valence-electron chi connectivity index (χ3n) is 4.08. The van der Waals surface area contributed by atoms with Gasteiger partial charge in [-0.3, -0.25) is 9.78 Å². The number of aromatic nitrogens is 2. The summed E-state index contributed by atoms with van der Waals surface area (Å²) in [6, 6.07) is 10.3. The lowest BCUT2D eigenvalue weighted by atomic mass is 9.97. The average molecular weight is 342 g/mol. The van der Waals surface area contributed by atoms with E-state index in [9.17, 15) is 4.79 Å². The number of carbonyl (C=O) groups is 1. The second-order valence-corrected chi connectivity index (χ2v) is 6.97. The van der Waals surface area contributed by atoms with Crippen LogP contribution in [-0.4, -0.2) is 41.3 Å². The first kappa shape index (κ1) is 16.8. The van der Waals surface area contributed by atoms with E-state index in [4.69, 9.17) is 0 Å². The van der Waals surface area contributed by atoms with Gasteiger partial charge in [-0.05, 0) is 25.0 Å². The Kier molecular flexibility index (Phi) is 6.07. The number of carbonyl (C=O) groups excluding carboxylic acids is 1. The van der Waals surface area contributed by atoms with Crippen molar-refractivity contribution in [3.05, 3.63) is 48.9 Å². The Hall–Kier alpha value is -2.08. The normalized spacial score (nSPS) is 17.5. The minimum atomic E-state index is 0.0301. The molecule has 0 bridgehead atoms. The van der Waals surface area contributed by atoms with Crippen LogP contribution in [0.2, 0.25) is 0 Å². The van der Waals surface area contributed by atoms with Crippen LogP contribution in [0, 0.1) is 5.92 Å². The summed E-state index contributed by atoms with van der Waals surface area (Å²) in [6.45, 7) is 2.35. The molecule has 1 aliphatic rings. The summed E-state index contributed by atoms with van der Waals surface area (Å²) in [7, 11) is 0. The van der Waals surface area contributed by atoms with Gasteiger partial charge in [0.15, 0.2) is 0 Å². The topological polar surface area (TPSA) is 58.1 Å². The molecule has 1 aromatic heterocycles. The molecule has 1 atom stereocenters.